The Labute approximate surface area is 140 Å². The molecule has 116 valence electrons. The van der Waals surface area contributed by atoms with Crippen LogP contribution in [-0.2, 0) is 0 Å². The van der Waals surface area contributed by atoms with E-state index in [1.165, 1.54) is 11.3 Å². The first-order valence-corrected chi connectivity index (χ1v) is 6.97. The monoisotopic (exact) mass is 348 g/mol. The molecule has 0 aromatic carbocycles. The molecule has 5 nitrogen and oxygen atoms in total. The number of amides is 1. The molecule has 2 heterocycles. The summed E-state index contributed by atoms with van der Waals surface area (Å²) >= 11 is 1.38. The number of halogens is 2. The van der Waals surface area contributed by atoms with Gasteiger partial charge >= 0.3 is 0 Å². The lowest BCUT2D eigenvalue weighted by molar-refractivity contribution is 0.0957. The highest BCUT2D eigenvalue weighted by Crippen LogP contribution is 2.24. The van der Waals surface area contributed by atoms with E-state index in [0.717, 1.165) is 23.4 Å². The van der Waals surface area contributed by atoms with Gasteiger partial charge in [-0.05, 0) is 31.5 Å². The van der Waals surface area contributed by atoms with Gasteiger partial charge in [-0.3, -0.25) is 9.78 Å². The van der Waals surface area contributed by atoms with Crippen molar-refractivity contribution in [2.45, 2.75) is 12.8 Å². The SMILES string of the molecule is Cl.Cl.NCCCCNC(=O)c1cnc(-c2ccncc2)s1. The van der Waals surface area contributed by atoms with Crippen molar-refractivity contribution in [2.24, 2.45) is 5.73 Å². The van der Waals surface area contributed by atoms with Crippen LogP contribution in [0.15, 0.2) is 30.7 Å². The van der Waals surface area contributed by atoms with Gasteiger partial charge in [0.25, 0.3) is 5.91 Å². The summed E-state index contributed by atoms with van der Waals surface area (Å²) in [7, 11) is 0. The number of pyridine rings is 1. The van der Waals surface area contributed by atoms with Crippen LogP contribution in [-0.4, -0.2) is 29.0 Å². The summed E-state index contributed by atoms with van der Waals surface area (Å²) in [5.41, 5.74) is 6.37. The van der Waals surface area contributed by atoms with E-state index in [-0.39, 0.29) is 30.7 Å². The molecule has 0 fully saturated rings. The first-order valence-electron chi connectivity index (χ1n) is 6.16. The molecule has 0 spiro atoms. The number of hydrogen-bond donors (Lipinski definition) is 2. The molecule has 0 unspecified atom stereocenters. The number of nitrogens with zero attached hydrogens (tertiary/aromatic N) is 2. The fourth-order valence-electron chi connectivity index (χ4n) is 1.57. The van der Waals surface area contributed by atoms with Crippen molar-refractivity contribution in [3.05, 3.63) is 35.6 Å². The van der Waals surface area contributed by atoms with Gasteiger partial charge in [0.15, 0.2) is 0 Å². The first kappa shape index (κ1) is 19.8. The van der Waals surface area contributed by atoms with Crippen LogP contribution in [0, 0.1) is 0 Å². The highest BCUT2D eigenvalue weighted by Gasteiger charge is 2.10. The van der Waals surface area contributed by atoms with E-state index >= 15 is 0 Å². The third-order valence-corrected chi connectivity index (χ3v) is 3.62. The summed E-state index contributed by atoms with van der Waals surface area (Å²) in [5, 5.41) is 3.69. The van der Waals surface area contributed by atoms with E-state index in [4.69, 9.17) is 5.73 Å². The van der Waals surface area contributed by atoms with Gasteiger partial charge < -0.3 is 11.1 Å². The molecule has 2 aromatic rings. The number of unbranched alkanes of at least 4 members (excludes halogenated alkanes) is 1. The molecule has 2 rings (SSSR count). The number of carbonyl (C=O) groups excluding carboxylic acids is 1. The molecule has 0 atom stereocenters. The average Bonchev–Trinajstić information content (AvgIpc) is 2.94. The fourth-order valence-corrected chi connectivity index (χ4v) is 2.40. The first-order chi connectivity index (χ1) is 9.31. The Hall–Kier alpha value is -1.21. The average molecular weight is 349 g/mol. The van der Waals surface area contributed by atoms with Crippen molar-refractivity contribution in [3.8, 4) is 10.6 Å². The Morgan fingerprint density at radius 1 is 1.24 bits per heavy atom. The molecular formula is C13H18Cl2N4OS. The largest absolute Gasteiger partial charge is 0.351 e. The molecule has 0 radical (unpaired) electrons. The van der Waals surface area contributed by atoms with Gasteiger partial charge in [-0.2, -0.15) is 0 Å². The van der Waals surface area contributed by atoms with Crippen LogP contribution >= 0.6 is 36.2 Å². The van der Waals surface area contributed by atoms with E-state index in [9.17, 15) is 4.79 Å². The Kier molecular flexibility index (Phi) is 9.90. The van der Waals surface area contributed by atoms with Gasteiger partial charge in [-0.1, -0.05) is 0 Å². The molecular weight excluding hydrogens is 331 g/mol. The number of nitrogens with two attached hydrogens (primary N) is 1. The van der Waals surface area contributed by atoms with Crippen LogP contribution in [0.5, 0.6) is 0 Å². The summed E-state index contributed by atoms with van der Waals surface area (Å²) in [6, 6.07) is 3.75. The molecule has 1 amide bonds. The van der Waals surface area contributed by atoms with E-state index in [1.807, 2.05) is 12.1 Å². The van der Waals surface area contributed by atoms with Gasteiger partial charge in [0.2, 0.25) is 0 Å². The number of aromatic nitrogens is 2. The van der Waals surface area contributed by atoms with Crippen LogP contribution in [0.2, 0.25) is 0 Å². The van der Waals surface area contributed by atoms with Gasteiger partial charge in [-0.15, -0.1) is 36.2 Å². The quantitative estimate of drug-likeness (QED) is 0.786. The Bertz CT molecular complexity index is 536. The second-order valence-corrected chi connectivity index (χ2v) is 5.05. The maximum atomic E-state index is 11.9. The van der Waals surface area contributed by atoms with E-state index < -0.39 is 0 Å². The summed E-state index contributed by atoms with van der Waals surface area (Å²) in [6.45, 7) is 1.31. The molecule has 0 aliphatic rings. The third kappa shape index (κ3) is 5.97. The van der Waals surface area contributed by atoms with Crippen molar-refractivity contribution in [3.63, 3.8) is 0 Å². The second-order valence-electron chi connectivity index (χ2n) is 4.02. The normalized spacial score (nSPS) is 9.38. The van der Waals surface area contributed by atoms with Gasteiger partial charge in [0, 0.05) is 24.5 Å². The van der Waals surface area contributed by atoms with Crippen LogP contribution in [0.1, 0.15) is 22.5 Å². The lowest BCUT2D eigenvalue weighted by Crippen LogP contribution is -2.23. The molecule has 0 saturated carbocycles. The zero-order valence-corrected chi connectivity index (χ0v) is 13.8. The number of rotatable bonds is 6. The summed E-state index contributed by atoms with van der Waals surface area (Å²) in [4.78, 5) is 20.7. The molecule has 0 aliphatic heterocycles. The fraction of sp³-hybridized carbons (Fsp3) is 0.308. The standard InChI is InChI=1S/C13H16N4OS.2ClH/c14-5-1-2-6-16-12(18)11-9-17-13(19-11)10-3-7-15-8-4-10;;/h3-4,7-9H,1-2,5-6,14H2,(H,16,18);2*1H. The summed E-state index contributed by atoms with van der Waals surface area (Å²) < 4.78 is 0. The number of hydrogen-bond acceptors (Lipinski definition) is 5. The Morgan fingerprint density at radius 2 is 1.95 bits per heavy atom. The number of thiazole rings is 1. The molecule has 0 aliphatic carbocycles. The van der Waals surface area contributed by atoms with Crippen molar-refractivity contribution >= 4 is 42.1 Å². The number of nitrogens with one attached hydrogen (secondary N) is 1. The van der Waals surface area contributed by atoms with Crippen molar-refractivity contribution in [1.29, 1.82) is 0 Å². The van der Waals surface area contributed by atoms with Gasteiger partial charge in [0.05, 0.1) is 6.20 Å². The highest BCUT2D eigenvalue weighted by molar-refractivity contribution is 7.16. The van der Waals surface area contributed by atoms with Gasteiger partial charge in [-0.25, -0.2) is 4.98 Å². The Morgan fingerprint density at radius 3 is 2.62 bits per heavy atom. The second kappa shape index (κ2) is 10.5. The minimum Gasteiger partial charge on any atom is -0.351 e. The van der Waals surface area contributed by atoms with E-state index in [1.54, 1.807) is 18.6 Å². The zero-order valence-electron chi connectivity index (χ0n) is 11.3. The molecule has 3 N–H and O–H groups in total. The molecule has 8 heteroatoms. The minimum absolute atomic E-state index is 0. The predicted octanol–water partition coefficient (Wildman–Crippen LogP) is 2.52. The molecule has 0 bridgehead atoms. The maximum absolute atomic E-state index is 11.9. The smallest absolute Gasteiger partial charge is 0.263 e. The van der Waals surface area contributed by atoms with E-state index in [0.29, 0.717) is 18.0 Å². The zero-order chi connectivity index (χ0) is 13.5. The predicted molar refractivity (Wildman–Crippen MR) is 90.5 cm³/mol. The van der Waals surface area contributed by atoms with Gasteiger partial charge in [0.1, 0.15) is 9.88 Å². The van der Waals surface area contributed by atoms with E-state index in [2.05, 4.69) is 15.3 Å². The van der Waals surface area contributed by atoms with Crippen LogP contribution in [0.4, 0.5) is 0 Å². The number of carbonyl (C=O) groups is 1. The molecule has 0 saturated heterocycles. The molecule has 2 aromatic heterocycles. The minimum atomic E-state index is -0.0742. The van der Waals surface area contributed by atoms with Crippen molar-refractivity contribution in [1.82, 2.24) is 15.3 Å². The topological polar surface area (TPSA) is 80.9 Å². The molecule has 21 heavy (non-hydrogen) atoms. The van der Waals surface area contributed by atoms with Crippen molar-refractivity contribution in [2.75, 3.05) is 13.1 Å². The van der Waals surface area contributed by atoms with Crippen LogP contribution in [0.3, 0.4) is 0 Å². The Balaban J connectivity index is 0.00000200. The lowest BCUT2D eigenvalue weighted by Gasteiger charge is -2.01. The summed E-state index contributed by atoms with van der Waals surface area (Å²) in [5.74, 6) is -0.0742. The lowest BCUT2D eigenvalue weighted by atomic mass is 10.3. The summed E-state index contributed by atoms with van der Waals surface area (Å²) in [6.07, 6.45) is 6.86. The van der Waals surface area contributed by atoms with Crippen LogP contribution in [0.25, 0.3) is 10.6 Å². The van der Waals surface area contributed by atoms with Crippen LogP contribution < -0.4 is 11.1 Å². The third-order valence-electron chi connectivity index (χ3n) is 2.57. The van der Waals surface area contributed by atoms with Crippen molar-refractivity contribution < 1.29 is 4.79 Å². The maximum Gasteiger partial charge on any atom is 0.263 e. The highest BCUT2D eigenvalue weighted by atomic mass is 35.5.